The fourth-order valence-corrected chi connectivity index (χ4v) is 3.88. The number of carbonyl (C=O) groups excluding carboxylic acids is 5. The SMILES string of the molecule is O=C1CCC(N2Cc3cccc(C(=O)NC(=O)c4cccc(OC(F)(F)F)c4)c3C2=O)C(=O)N1. The van der Waals surface area contributed by atoms with Crippen LogP contribution in [0.1, 0.15) is 49.5 Å². The van der Waals surface area contributed by atoms with E-state index in [2.05, 4.69) is 15.4 Å². The first kappa shape index (κ1) is 23.0. The lowest BCUT2D eigenvalue weighted by molar-refractivity contribution is -0.274. The summed E-state index contributed by atoms with van der Waals surface area (Å²) in [7, 11) is 0. The van der Waals surface area contributed by atoms with Gasteiger partial charge in [-0.1, -0.05) is 18.2 Å². The molecule has 1 saturated heterocycles. The Morgan fingerprint density at radius 1 is 1.06 bits per heavy atom. The third-order valence-corrected chi connectivity index (χ3v) is 5.35. The number of alkyl halides is 3. The molecule has 9 nitrogen and oxygen atoms in total. The summed E-state index contributed by atoms with van der Waals surface area (Å²) >= 11 is 0. The number of fused-ring (bicyclic) bond motifs is 1. The number of rotatable bonds is 4. The molecule has 2 aliphatic rings. The molecular weight excluding hydrogens is 459 g/mol. The van der Waals surface area contributed by atoms with Crippen molar-refractivity contribution in [2.75, 3.05) is 0 Å². The lowest BCUT2D eigenvalue weighted by Crippen LogP contribution is -2.52. The Hall–Kier alpha value is -4.22. The molecule has 1 unspecified atom stereocenters. The molecule has 12 heteroatoms. The van der Waals surface area contributed by atoms with Crippen molar-refractivity contribution < 1.29 is 41.9 Å². The summed E-state index contributed by atoms with van der Waals surface area (Å²) in [5.74, 6) is -4.23. The summed E-state index contributed by atoms with van der Waals surface area (Å²) in [4.78, 5) is 63.2. The third-order valence-electron chi connectivity index (χ3n) is 5.35. The van der Waals surface area contributed by atoms with Crippen LogP contribution in [0.3, 0.4) is 0 Å². The summed E-state index contributed by atoms with van der Waals surface area (Å²) in [6.07, 6.45) is -4.75. The summed E-state index contributed by atoms with van der Waals surface area (Å²) < 4.78 is 41.0. The number of ether oxygens (including phenoxy) is 1. The van der Waals surface area contributed by atoms with Crippen LogP contribution in [-0.2, 0) is 16.1 Å². The van der Waals surface area contributed by atoms with Gasteiger partial charge in [-0.2, -0.15) is 0 Å². The van der Waals surface area contributed by atoms with Crippen LogP contribution in [-0.4, -0.2) is 46.8 Å². The molecule has 0 saturated carbocycles. The number of halogens is 3. The van der Waals surface area contributed by atoms with E-state index in [4.69, 9.17) is 0 Å². The molecule has 1 atom stereocenters. The van der Waals surface area contributed by atoms with Crippen LogP contribution in [0.2, 0.25) is 0 Å². The van der Waals surface area contributed by atoms with Gasteiger partial charge in [-0.25, -0.2) is 0 Å². The summed E-state index contributed by atoms with van der Waals surface area (Å²) in [6.45, 7) is 0.0341. The number of carbonyl (C=O) groups is 5. The molecule has 0 radical (unpaired) electrons. The number of imide groups is 2. The van der Waals surface area contributed by atoms with Gasteiger partial charge in [0, 0.05) is 18.5 Å². The monoisotopic (exact) mass is 475 g/mol. The van der Waals surface area contributed by atoms with Crippen molar-refractivity contribution in [1.29, 1.82) is 0 Å². The molecule has 0 spiro atoms. The van der Waals surface area contributed by atoms with Gasteiger partial charge in [0.1, 0.15) is 11.8 Å². The average Bonchev–Trinajstić information content (AvgIpc) is 3.09. The molecule has 2 aromatic rings. The van der Waals surface area contributed by atoms with Gasteiger partial charge in [0.15, 0.2) is 0 Å². The minimum absolute atomic E-state index is 0.00616. The molecule has 0 aliphatic carbocycles. The molecule has 2 aliphatic heterocycles. The number of nitrogens with one attached hydrogen (secondary N) is 2. The number of amides is 5. The molecule has 0 aromatic heterocycles. The number of hydrogen-bond donors (Lipinski definition) is 2. The van der Waals surface area contributed by atoms with E-state index in [0.717, 1.165) is 18.2 Å². The molecule has 2 heterocycles. The molecule has 5 amide bonds. The Balaban J connectivity index is 1.53. The average molecular weight is 475 g/mol. The lowest BCUT2D eigenvalue weighted by Gasteiger charge is -2.29. The Morgan fingerprint density at radius 3 is 2.50 bits per heavy atom. The van der Waals surface area contributed by atoms with Gasteiger partial charge in [-0.3, -0.25) is 34.6 Å². The van der Waals surface area contributed by atoms with E-state index in [0.29, 0.717) is 5.56 Å². The van der Waals surface area contributed by atoms with E-state index in [9.17, 15) is 37.1 Å². The second-order valence-corrected chi connectivity index (χ2v) is 7.60. The van der Waals surface area contributed by atoms with Crippen LogP contribution in [0.4, 0.5) is 13.2 Å². The minimum Gasteiger partial charge on any atom is -0.406 e. The fraction of sp³-hybridized carbons (Fsp3) is 0.227. The highest BCUT2D eigenvalue weighted by Crippen LogP contribution is 2.30. The number of piperidine rings is 1. The normalized spacial score (nSPS) is 17.8. The number of hydrogen-bond acceptors (Lipinski definition) is 6. The van der Waals surface area contributed by atoms with Crippen LogP contribution < -0.4 is 15.4 Å². The van der Waals surface area contributed by atoms with Crippen molar-refractivity contribution in [3.05, 3.63) is 64.7 Å². The molecule has 2 N–H and O–H groups in total. The minimum atomic E-state index is -4.95. The van der Waals surface area contributed by atoms with Crippen LogP contribution in [0.5, 0.6) is 5.75 Å². The number of benzene rings is 2. The molecule has 34 heavy (non-hydrogen) atoms. The first-order chi connectivity index (χ1) is 16.0. The summed E-state index contributed by atoms with van der Waals surface area (Å²) in [5.41, 5.74) is 0.0644. The van der Waals surface area contributed by atoms with E-state index in [1.807, 2.05) is 0 Å². The third kappa shape index (κ3) is 4.60. The second-order valence-electron chi connectivity index (χ2n) is 7.60. The van der Waals surface area contributed by atoms with Crippen LogP contribution in [0.25, 0.3) is 0 Å². The van der Waals surface area contributed by atoms with E-state index >= 15 is 0 Å². The highest BCUT2D eigenvalue weighted by Gasteiger charge is 2.41. The highest BCUT2D eigenvalue weighted by molar-refractivity contribution is 6.16. The standard InChI is InChI=1S/C22H16F3N3O6/c23-22(24,25)34-13-5-1-3-11(9-13)18(30)27-19(31)14-6-2-4-12-10-28(21(33)17(12)14)15-7-8-16(29)26-20(15)32/h1-6,9,15H,7-8,10H2,(H,26,29,32)(H,27,30,31). The first-order valence-electron chi connectivity index (χ1n) is 10.0. The summed E-state index contributed by atoms with van der Waals surface area (Å²) in [5, 5.41) is 4.23. The first-order valence-corrected chi connectivity index (χ1v) is 10.0. The zero-order chi connectivity index (χ0) is 24.6. The van der Waals surface area contributed by atoms with Gasteiger partial charge >= 0.3 is 6.36 Å². The van der Waals surface area contributed by atoms with Crippen LogP contribution in [0.15, 0.2) is 42.5 Å². The maximum absolute atomic E-state index is 13.1. The number of nitrogens with zero attached hydrogens (tertiary/aromatic N) is 1. The second kappa shape index (κ2) is 8.61. The van der Waals surface area contributed by atoms with Gasteiger partial charge in [-0.05, 0) is 36.2 Å². The van der Waals surface area contributed by atoms with Crippen molar-refractivity contribution in [2.24, 2.45) is 0 Å². The Morgan fingerprint density at radius 2 is 1.79 bits per heavy atom. The topological polar surface area (TPSA) is 122 Å². The van der Waals surface area contributed by atoms with Crippen LogP contribution in [0, 0.1) is 0 Å². The Kier molecular flexibility index (Phi) is 5.82. The maximum atomic E-state index is 13.1. The van der Waals surface area contributed by atoms with Crippen molar-refractivity contribution in [1.82, 2.24) is 15.5 Å². The largest absolute Gasteiger partial charge is 0.573 e. The Labute approximate surface area is 189 Å². The molecule has 1 fully saturated rings. The van der Waals surface area contributed by atoms with E-state index in [1.54, 1.807) is 6.07 Å². The molecule has 176 valence electrons. The van der Waals surface area contributed by atoms with Crippen molar-refractivity contribution in [2.45, 2.75) is 31.8 Å². The zero-order valence-electron chi connectivity index (χ0n) is 17.3. The van der Waals surface area contributed by atoms with E-state index in [1.165, 1.54) is 23.1 Å². The molecular formula is C22H16F3N3O6. The smallest absolute Gasteiger partial charge is 0.406 e. The predicted octanol–water partition coefficient (Wildman–Crippen LogP) is 1.92. The fourth-order valence-electron chi connectivity index (χ4n) is 3.88. The van der Waals surface area contributed by atoms with E-state index in [-0.39, 0.29) is 36.1 Å². The van der Waals surface area contributed by atoms with Gasteiger partial charge < -0.3 is 9.64 Å². The van der Waals surface area contributed by atoms with Crippen molar-refractivity contribution >= 4 is 29.5 Å². The maximum Gasteiger partial charge on any atom is 0.573 e. The van der Waals surface area contributed by atoms with E-state index < -0.39 is 47.7 Å². The van der Waals surface area contributed by atoms with Crippen molar-refractivity contribution in [3.63, 3.8) is 0 Å². The zero-order valence-corrected chi connectivity index (χ0v) is 17.3. The van der Waals surface area contributed by atoms with Gasteiger partial charge in [0.2, 0.25) is 11.8 Å². The Bertz CT molecular complexity index is 1230. The van der Waals surface area contributed by atoms with Gasteiger partial charge in [-0.15, -0.1) is 13.2 Å². The highest BCUT2D eigenvalue weighted by atomic mass is 19.4. The predicted molar refractivity (Wildman–Crippen MR) is 107 cm³/mol. The molecule has 2 aromatic carbocycles. The molecule has 4 rings (SSSR count). The van der Waals surface area contributed by atoms with Crippen molar-refractivity contribution in [3.8, 4) is 5.75 Å². The molecule has 0 bridgehead atoms. The lowest BCUT2D eigenvalue weighted by atomic mass is 10.0. The quantitative estimate of drug-likeness (QED) is 0.652. The van der Waals surface area contributed by atoms with Gasteiger partial charge in [0.05, 0.1) is 11.1 Å². The van der Waals surface area contributed by atoms with Crippen LogP contribution >= 0.6 is 0 Å². The summed E-state index contributed by atoms with van der Waals surface area (Å²) in [6, 6.07) is 7.69. The van der Waals surface area contributed by atoms with Gasteiger partial charge in [0.25, 0.3) is 17.7 Å².